The molecular formula is C18H20Cl2N4O4. The maximum atomic E-state index is 12.7. The molecule has 1 aromatic carbocycles. The first-order valence-electron chi connectivity index (χ1n) is 8.64. The number of rotatable bonds is 6. The maximum Gasteiger partial charge on any atom is 0.255 e. The predicted molar refractivity (Wildman–Crippen MR) is 107 cm³/mol. The molecule has 1 aliphatic heterocycles. The van der Waals surface area contributed by atoms with Crippen molar-refractivity contribution in [3.63, 3.8) is 0 Å². The van der Waals surface area contributed by atoms with Gasteiger partial charge in [0.05, 0.1) is 25.5 Å². The number of nitrogens with one attached hydrogen (secondary N) is 1. The molecule has 1 amide bonds. The molecule has 2 aromatic rings. The van der Waals surface area contributed by atoms with Crippen molar-refractivity contribution >= 4 is 40.7 Å². The van der Waals surface area contributed by atoms with E-state index in [2.05, 4.69) is 10.3 Å². The zero-order valence-electron chi connectivity index (χ0n) is 15.3. The van der Waals surface area contributed by atoms with E-state index in [1.807, 2.05) is 4.90 Å². The monoisotopic (exact) mass is 426 g/mol. The normalized spacial score (nSPS) is 14.2. The summed E-state index contributed by atoms with van der Waals surface area (Å²) >= 11 is 11.9. The summed E-state index contributed by atoms with van der Waals surface area (Å²) in [6, 6.07) is 6.10. The number of hydrogen-bond donors (Lipinski definition) is 1. The number of methoxy groups -OCH3 is 1. The van der Waals surface area contributed by atoms with Crippen LogP contribution in [0.2, 0.25) is 10.0 Å². The number of ether oxygens (including phenoxy) is 2. The third-order valence-corrected chi connectivity index (χ3v) is 4.51. The van der Waals surface area contributed by atoms with Crippen LogP contribution in [-0.4, -0.2) is 48.9 Å². The number of anilines is 2. The Labute approximate surface area is 172 Å². The Hall–Kier alpha value is -2.13. The molecule has 1 saturated heterocycles. The summed E-state index contributed by atoms with van der Waals surface area (Å²) in [7, 11) is 1.53. The molecule has 0 spiro atoms. The van der Waals surface area contributed by atoms with Crippen LogP contribution in [0.15, 0.2) is 29.1 Å². The van der Waals surface area contributed by atoms with Gasteiger partial charge in [0.15, 0.2) is 0 Å². The van der Waals surface area contributed by atoms with Crippen LogP contribution in [0.3, 0.4) is 0 Å². The molecule has 0 radical (unpaired) electrons. The lowest BCUT2D eigenvalue weighted by atomic mass is 10.3. The zero-order valence-corrected chi connectivity index (χ0v) is 16.8. The molecule has 1 aliphatic rings. The molecule has 8 nitrogen and oxygen atoms in total. The molecule has 1 N–H and O–H groups in total. The van der Waals surface area contributed by atoms with E-state index in [1.54, 1.807) is 18.2 Å². The van der Waals surface area contributed by atoms with Crippen LogP contribution < -0.4 is 15.8 Å². The number of aromatic nitrogens is 2. The highest BCUT2D eigenvalue weighted by Crippen LogP contribution is 2.22. The smallest absolute Gasteiger partial charge is 0.255 e. The van der Waals surface area contributed by atoms with E-state index in [0.29, 0.717) is 53.7 Å². The number of amides is 1. The van der Waals surface area contributed by atoms with Crippen molar-refractivity contribution in [2.45, 2.75) is 13.2 Å². The molecule has 0 bridgehead atoms. The highest BCUT2D eigenvalue weighted by Gasteiger charge is 2.20. The van der Waals surface area contributed by atoms with Crippen molar-refractivity contribution in [1.29, 1.82) is 0 Å². The van der Waals surface area contributed by atoms with Crippen molar-refractivity contribution in [2.75, 3.05) is 43.6 Å². The second kappa shape index (κ2) is 9.38. The molecule has 1 fully saturated rings. The second-order valence-corrected chi connectivity index (χ2v) is 7.08. The number of nitrogens with zero attached hydrogens (tertiary/aromatic N) is 3. The fourth-order valence-electron chi connectivity index (χ4n) is 2.89. The van der Waals surface area contributed by atoms with Gasteiger partial charge in [-0.3, -0.25) is 14.2 Å². The Morgan fingerprint density at radius 1 is 1.21 bits per heavy atom. The maximum absolute atomic E-state index is 12.7. The molecule has 0 aliphatic carbocycles. The van der Waals surface area contributed by atoms with E-state index in [1.165, 1.54) is 17.7 Å². The van der Waals surface area contributed by atoms with E-state index in [9.17, 15) is 9.59 Å². The van der Waals surface area contributed by atoms with Crippen LogP contribution in [0.4, 0.5) is 11.6 Å². The van der Waals surface area contributed by atoms with Crippen LogP contribution in [0.5, 0.6) is 0 Å². The van der Waals surface area contributed by atoms with Gasteiger partial charge in [0.2, 0.25) is 11.9 Å². The van der Waals surface area contributed by atoms with Gasteiger partial charge >= 0.3 is 0 Å². The van der Waals surface area contributed by atoms with Gasteiger partial charge in [0.1, 0.15) is 6.54 Å². The lowest BCUT2D eigenvalue weighted by molar-refractivity contribution is -0.116. The Bertz CT molecular complexity index is 893. The standard InChI is InChI=1S/C18H20Cl2N4O4/c1-27-11-15-9-17(26)24(18(22-15)23-2-4-28-5-3-23)10-16(25)21-14-7-12(19)6-13(20)8-14/h6-9H,2-5,10-11H2,1H3,(H,21,25). The van der Waals surface area contributed by atoms with Crippen molar-refractivity contribution in [1.82, 2.24) is 9.55 Å². The minimum Gasteiger partial charge on any atom is -0.378 e. The van der Waals surface area contributed by atoms with Crippen LogP contribution >= 0.6 is 23.2 Å². The van der Waals surface area contributed by atoms with Gasteiger partial charge < -0.3 is 19.7 Å². The second-order valence-electron chi connectivity index (χ2n) is 6.21. The van der Waals surface area contributed by atoms with Crippen LogP contribution in [0.1, 0.15) is 5.69 Å². The first kappa shape index (κ1) is 20.6. The topological polar surface area (TPSA) is 85.7 Å². The van der Waals surface area contributed by atoms with E-state index in [4.69, 9.17) is 32.7 Å². The molecular weight excluding hydrogens is 407 g/mol. The first-order valence-corrected chi connectivity index (χ1v) is 9.40. The minimum atomic E-state index is -0.392. The summed E-state index contributed by atoms with van der Waals surface area (Å²) in [6.45, 7) is 2.22. The number of halogens is 2. The molecule has 0 unspecified atom stereocenters. The van der Waals surface area contributed by atoms with Gasteiger partial charge in [-0.2, -0.15) is 0 Å². The summed E-state index contributed by atoms with van der Waals surface area (Å²) in [5, 5.41) is 3.51. The molecule has 0 saturated carbocycles. The van der Waals surface area contributed by atoms with Crippen molar-refractivity contribution < 1.29 is 14.3 Å². The molecule has 0 atom stereocenters. The average Bonchev–Trinajstić information content (AvgIpc) is 2.64. The molecule has 2 heterocycles. The van der Waals surface area contributed by atoms with E-state index in [-0.39, 0.29) is 18.7 Å². The van der Waals surface area contributed by atoms with E-state index >= 15 is 0 Å². The fourth-order valence-corrected chi connectivity index (χ4v) is 3.41. The summed E-state index contributed by atoms with van der Waals surface area (Å²) in [5.41, 5.74) is 0.627. The van der Waals surface area contributed by atoms with Crippen LogP contribution in [-0.2, 0) is 27.4 Å². The molecule has 3 rings (SSSR count). The third kappa shape index (κ3) is 5.23. The third-order valence-electron chi connectivity index (χ3n) is 4.08. The van der Waals surface area contributed by atoms with Gasteiger partial charge in [-0.25, -0.2) is 4.98 Å². The van der Waals surface area contributed by atoms with Gasteiger partial charge in [-0.05, 0) is 18.2 Å². The van der Waals surface area contributed by atoms with Gasteiger partial charge in [0.25, 0.3) is 5.56 Å². The summed E-state index contributed by atoms with van der Waals surface area (Å²) in [4.78, 5) is 31.7. The number of morpholine rings is 1. The first-order chi connectivity index (χ1) is 13.5. The fraction of sp³-hybridized carbons (Fsp3) is 0.389. The van der Waals surface area contributed by atoms with Crippen molar-refractivity contribution in [3.05, 3.63) is 50.4 Å². The van der Waals surface area contributed by atoms with Crippen molar-refractivity contribution in [3.8, 4) is 0 Å². The Balaban J connectivity index is 1.86. The largest absolute Gasteiger partial charge is 0.378 e. The Morgan fingerprint density at radius 2 is 1.89 bits per heavy atom. The van der Waals surface area contributed by atoms with Gasteiger partial charge in [0, 0.05) is 42.0 Å². The summed E-state index contributed by atoms with van der Waals surface area (Å²) < 4.78 is 11.8. The van der Waals surface area contributed by atoms with Gasteiger partial charge in [-0.1, -0.05) is 23.2 Å². The lowest BCUT2D eigenvalue weighted by Crippen LogP contribution is -2.42. The molecule has 28 heavy (non-hydrogen) atoms. The number of hydrogen-bond acceptors (Lipinski definition) is 6. The number of benzene rings is 1. The molecule has 1 aromatic heterocycles. The summed E-state index contributed by atoms with van der Waals surface area (Å²) in [6.07, 6.45) is 0. The number of carbonyl (C=O) groups excluding carboxylic acids is 1. The molecule has 150 valence electrons. The van der Waals surface area contributed by atoms with Gasteiger partial charge in [-0.15, -0.1) is 0 Å². The highest BCUT2D eigenvalue weighted by atomic mass is 35.5. The SMILES string of the molecule is COCc1cc(=O)n(CC(=O)Nc2cc(Cl)cc(Cl)c2)c(N2CCOCC2)n1. The van der Waals surface area contributed by atoms with Crippen LogP contribution in [0.25, 0.3) is 0 Å². The van der Waals surface area contributed by atoms with Crippen molar-refractivity contribution in [2.24, 2.45) is 0 Å². The minimum absolute atomic E-state index is 0.198. The predicted octanol–water partition coefficient (Wildman–Crippen LogP) is 2.17. The van der Waals surface area contributed by atoms with E-state index in [0.717, 1.165) is 0 Å². The Morgan fingerprint density at radius 3 is 2.54 bits per heavy atom. The summed E-state index contributed by atoms with van der Waals surface area (Å²) in [5.74, 6) is 0.0263. The lowest BCUT2D eigenvalue weighted by Gasteiger charge is -2.29. The average molecular weight is 427 g/mol. The van der Waals surface area contributed by atoms with E-state index < -0.39 is 5.91 Å². The highest BCUT2D eigenvalue weighted by molar-refractivity contribution is 6.35. The molecule has 10 heteroatoms. The number of carbonyl (C=O) groups is 1. The quantitative estimate of drug-likeness (QED) is 0.761. The van der Waals surface area contributed by atoms with Crippen LogP contribution in [0, 0.1) is 0 Å². The Kier molecular flexibility index (Phi) is 6.90. The zero-order chi connectivity index (χ0) is 20.1.